The van der Waals surface area contributed by atoms with Crippen molar-refractivity contribution in [3.8, 4) is 0 Å². The zero-order valence-corrected chi connectivity index (χ0v) is 12.8. The second kappa shape index (κ2) is 6.76. The van der Waals surface area contributed by atoms with E-state index < -0.39 is 0 Å². The predicted octanol–water partition coefficient (Wildman–Crippen LogP) is 1.46. The lowest BCUT2D eigenvalue weighted by Crippen LogP contribution is -2.48. The number of hydrogen-bond donors (Lipinski definition) is 4. The molecule has 1 atom stereocenters. The molecule has 3 rings (SSSR count). The van der Waals surface area contributed by atoms with E-state index in [2.05, 4.69) is 21.2 Å². The van der Waals surface area contributed by atoms with E-state index >= 15 is 0 Å². The highest BCUT2D eigenvalue weighted by Gasteiger charge is 2.16. The monoisotopic (exact) mass is 318 g/mol. The summed E-state index contributed by atoms with van der Waals surface area (Å²) >= 11 is 5.13. The number of amides is 1. The number of H-pyrrole nitrogens is 1. The summed E-state index contributed by atoms with van der Waals surface area (Å²) in [6, 6.07) is 7.64. The van der Waals surface area contributed by atoms with Crippen LogP contribution >= 0.6 is 12.2 Å². The number of carbonyl (C=O) groups excluding carboxylic acids is 1. The van der Waals surface area contributed by atoms with Gasteiger partial charge >= 0.3 is 0 Å². The van der Waals surface area contributed by atoms with Gasteiger partial charge in [-0.1, -0.05) is 18.2 Å². The molecule has 1 aromatic heterocycles. The van der Waals surface area contributed by atoms with Crippen LogP contribution in [0.3, 0.4) is 0 Å². The Morgan fingerprint density at radius 1 is 1.36 bits per heavy atom. The first-order valence-electron chi connectivity index (χ1n) is 7.26. The van der Waals surface area contributed by atoms with Crippen LogP contribution in [0.4, 0.5) is 0 Å². The third-order valence-electron chi connectivity index (χ3n) is 3.64. The minimum absolute atomic E-state index is 0.198. The number of aromatic nitrogens is 1. The first kappa shape index (κ1) is 14.8. The van der Waals surface area contributed by atoms with Crippen LogP contribution in [0.2, 0.25) is 0 Å². The molecule has 0 bridgehead atoms. The molecule has 1 aromatic carbocycles. The Morgan fingerprint density at radius 3 is 3.05 bits per heavy atom. The van der Waals surface area contributed by atoms with Crippen LogP contribution in [0.5, 0.6) is 0 Å². The maximum Gasteiger partial charge on any atom is 0.271 e. The van der Waals surface area contributed by atoms with E-state index in [0.29, 0.717) is 17.2 Å². The molecule has 1 amide bonds. The van der Waals surface area contributed by atoms with Gasteiger partial charge in [0.15, 0.2) is 5.11 Å². The van der Waals surface area contributed by atoms with Crippen molar-refractivity contribution in [2.24, 2.45) is 0 Å². The van der Waals surface area contributed by atoms with Crippen LogP contribution in [0, 0.1) is 0 Å². The number of nitrogens with one attached hydrogen (secondary N) is 4. The van der Waals surface area contributed by atoms with Crippen molar-refractivity contribution in [1.82, 2.24) is 21.2 Å². The van der Waals surface area contributed by atoms with Crippen molar-refractivity contribution in [3.63, 3.8) is 0 Å². The lowest BCUT2D eigenvalue weighted by atomic mass is 10.2. The van der Waals surface area contributed by atoms with Gasteiger partial charge in [-0.25, -0.2) is 0 Å². The minimum Gasteiger partial charge on any atom is -0.376 e. The van der Waals surface area contributed by atoms with Gasteiger partial charge in [-0.05, 0) is 31.1 Å². The number of benzene rings is 1. The van der Waals surface area contributed by atoms with E-state index in [4.69, 9.17) is 17.0 Å². The number of carbonyl (C=O) groups is 1. The average Bonchev–Trinajstić information content (AvgIpc) is 3.19. The molecule has 0 radical (unpaired) electrons. The van der Waals surface area contributed by atoms with E-state index in [1.807, 2.05) is 24.3 Å². The van der Waals surface area contributed by atoms with E-state index in [1.165, 1.54) is 0 Å². The van der Waals surface area contributed by atoms with Crippen molar-refractivity contribution in [2.75, 3.05) is 13.2 Å². The minimum atomic E-state index is -0.237. The molecule has 0 spiro atoms. The Kier molecular flexibility index (Phi) is 4.55. The van der Waals surface area contributed by atoms with Crippen molar-refractivity contribution < 1.29 is 9.53 Å². The third-order valence-corrected chi connectivity index (χ3v) is 3.88. The topological polar surface area (TPSA) is 78.2 Å². The molecule has 1 unspecified atom stereocenters. The van der Waals surface area contributed by atoms with Crippen molar-refractivity contribution in [2.45, 2.75) is 18.9 Å². The van der Waals surface area contributed by atoms with Crippen LogP contribution < -0.4 is 16.2 Å². The van der Waals surface area contributed by atoms with Crippen LogP contribution in [-0.4, -0.2) is 35.3 Å². The molecule has 6 nitrogen and oxygen atoms in total. The number of aromatic amines is 1. The molecule has 4 N–H and O–H groups in total. The van der Waals surface area contributed by atoms with Crippen LogP contribution in [0.25, 0.3) is 10.9 Å². The molecule has 1 fully saturated rings. The first-order chi connectivity index (χ1) is 10.7. The van der Waals surface area contributed by atoms with Crippen molar-refractivity contribution in [1.29, 1.82) is 0 Å². The number of thiocarbonyl (C=S) groups is 1. The van der Waals surface area contributed by atoms with Gasteiger partial charge in [0.05, 0.1) is 11.7 Å². The van der Waals surface area contributed by atoms with Gasteiger partial charge in [0.1, 0.15) is 0 Å². The number of rotatable bonds is 3. The van der Waals surface area contributed by atoms with E-state index in [1.54, 1.807) is 6.20 Å². The third kappa shape index (κ3) is 3.37. The summed E-state index contributed by atoms with van der Waals surface area (Å²) in [6.07, 6.45) is 4.01. The Labute approximate surface area is 133 Å². The van der Waals surface area contributed by atoms with E-state index in [9.17, 15) is 4.79 Å². The molecule has 0 saturated carbocycles. The summed E-state index contributed by atoms with van der Waals surface area (Å²) in [6.45, 7) is 1.46. The molecule has 0 aliphatic carbocycles. The predicted molar refractivity (Wildman–Crippen MR) is 88.5 cm³/mol. The molecule has 22 heavy (non-hydrogen) atoms. The largest absolute Gasteiger partial charge is 0.376 e. The Hall–Kier alpha value is -2.12. The van der Waals surface area contributed by atoms with Crippen molar-refractivity contribution >= 4 is 34.1 Å². The molecule has 2 heterocycles. The normalized spacial score (nSPS) is 17.4. The zero-order valence-electron chi connectivity index (χ0n) is 12.0. The van der Waals surface area contributed by atoms with Gasteiger partial charge < -0.3 is 15.0 Å². The van der Waals surface area contributed by atoms with E-state index in [-0.39, 0.29) is 12.0 Å². The highest BCUT2D eigenvalue weighted by Crippen LogP contribution is 2.17. The van der Waals surface area contributed by atoms with Gasteiger partial charge in [0.2, 0.25) is 0 Å². The Balaban J connectivity index is 1.50. The highest BCUT2D eigenvalue weighted by atomic mass is 32.1. The smallest absolute Gasteiger partial charge is 0.271 e. The standard InChI is InChI=1S/C15H18N4O2S/c20-14(12-9-16-13-6-2-1-5-11(12)13)18-19-15(22)17-8-10-4-3-7-21-10/h1-2,5-6,9-10,16H,3-4,7-8H2,(H,18,20)(H2,17,19,22). The molecule has 1 aliphatic heterocycles. The molecular weight excluding hydrogens is 300 g/mol. The summed E-state index contributed by atoms with van der Waals surface area (Å²) in [5, 5.41) is 4.29. The van der Waals surface area contributed by atoms with Crippen LogP contribution in [-0.2, 0) is 4.74 Å². The maximum absolute atomic E-state index is 12.2. The summed E-state index contributed by atoms with van der Waals surface area (Å²) in [4.78, 5) is 15.2. The van der Waals surface area contributed by atoms with Gasteiger partial charge in [-0.3, -0.25) is 15.6 Å². The molecule has 7 heteroatoms. The quantitative estimate of drug-likeness (QED) is 0.509. The second-order valence-electron chi connectivity index (χ2n) is 5.17. The van der Waals surface area contributed by atoms with Gasteiger partial charge in [-0.2, -0.15) is 0 Å². The van der Waals surface area contributed by atoms with Crippen LogP contribution in [0.15, 0.2) is 30.5 Å². The molecule has 2 aromatic rings. The van der Waals surface area contributed by atoms with E-state index in [0.717, 1.165) is 30.4 Å². The summed E-state index contributed by atoms with van der Waals surface area (Å²) in [5.74, 6) is -0.237. The fraction of sp³-hybridized carbons (Fsp3) is 0.333. The maximum atomic E-state index is 12.2. The summed E-state index contributed by atoms with van der Waals surface area (Å²) in [5.41, 5.74) is 6.81. The second-order valence-corrected chi connectivity index (χ2v) is 5.58. The SMILES string of the molecule is O=C(NNC(=S)NCC1CCCO1)c1c[nH]c2ccccc12. The van der Waals surface area contributed by atoms with Gasteiger partial charge in [-0.15, -0.1) is 0 Å². The number of fused-ring (bicyclic) bond motifs is 1. The van der Waals surface area contributed by atoms with Gasteiger partial charge in [0, 0.05) is 30.3 Å². The van der Waals surface area contributed by atoms with Crippen molar-refractivity contribution in [3.05, 3.63) is 36.0 Å². The Morgan fingerprint density at radius 2 is 2.23 bits per heavy atom. The molecule has 116 valence electrons. The Bertz CT molecular complexity index is 679. The molecule has 1 aliphatic rings. The number of ether oxygens (including phenoxy) is 1. The zero-order chi connectivity index (χ0) is 15.4. The van der Waals surface area contributed by atoms with Crippen LogP contribution in [0.1, 0.15) is 23.2 Å². The number of hydrogen-bond acceptors (Lipinski definition) is 3. The highest BCUT2D eigenvalue weighted by molar-refractivity contribution is 7.80. The molecule has 1 saturated heterocycles. The fourth-order valence-electron chi connectivity index (χ4n) is 2.50. The number of hydrazine groups is 1. The molecular formula is C15H18N4O2S. The number of para-hydroxylation sites is 1. The first-order valence-corrected chi connectivity index (χ1v) is 7.67. The fourth-order valence-corrected chi connectivity index (χ4v) is 2.63. The summed E-state index contributed by atoms with van der Waals surface area (Å²) < 4.78 is 5.49. The lowest BCUT2D eigenvalue weighted by molar-refractivity contribution is 0.0945. The average molecular weight is 318 g/mol. The summed E-state index contributed by atoms with van der Waals surface area (Å²) in [7, 11) is 0. The lowest BCUT2D eigenvalue weighted by Gasteiger charge is -2.14. The van der Waals surface area contributed by atoms with Gasteiger partial charge in [0.25, 0.3) is 5.91 Å².